The van der Waals surface area contributed by atoms with Crippen LogP contribution in [0.1, 0.15) is 33.2 Å². The Labute approximate surface area is 111 Å². The van der Waals surface area contributed by atoms with E-state index in [0.29, 0.717) is 12.1 Å². The molecule has 0 saturated heterocycles. The molecule has 1 heterocycles. The fourth-order valence-electron chi connectivity index (χ4n) is 2.65. The first-order valence-corrected chi connectivity index (χ1v) is 6.37. The molecule has 1 amide bonds. The van der Waals surface area contributed by atoms with Crippen molar-refractivity contribution in [3.05, 3.63) is 58.9 Å². The number of carbonyl (C=O) groups excluding carboxylic acids is 1. The number of amides is 1. The maximum atomic E-state index is 12.2. The van der Waals surface area contributed by atoms with Gasteiger partial charge in [0.05, 0.1) is 12.1 Å². The quantitative estimate of drug-likeness (QED) is 0.766. The lowest BCUT2D eigenvalue weighted by molar-refractivity contribution is 0.0853. The molecule has 3 N–H and O–H groups in total. The highest BCUT2D eigenvalue weighted by atomic mass is 16.3. The summed E-state index contributed by atoms with van der Waals surface area (Å²) in [6.07, 6.45) is 1.77. The van der Waals surface area contributed by atoms with Crippen LogP contribution in [0.25, 0.3) is 0 Å². The average molecular weight is 256 g/mol. The van der Waals surface area contributed by atoms with Gasteiger partial charge in [-0.2, -0.15) is 0 Å². The molecular weight excluding hydrogens is 240 g/mol. The van der Waals surface area contributed by atoms with Gasteiger partial charge >= 0.3 is 0 Å². The van der Waals surface area contributed by atoms with Gasteiger partial charge in [-0.15, -0.1) is 0 Å². The van der Waals surface area contributed by atoms with Gasteiger partial charge in [-0.3, -0.25) is 4.79 Å². The molecule has 3 rings (SSSR count). The van der Waals surface area contributed by atoms with E-state index >= 15 is 0 Å². The van der Waals surface area contributed by atoms with Crippen LogP contribution in [0.3, 0.4) is 0 Å². The third-order valence-electron chi connectivity index (χ3n) is 3.67. The lowest BCUT2D eigenvalue weighted by Crippen LogP contribution is -2.34. The fraction of sp³-hybridized carbons (Fsp3) is 0.267. The Morgan fingerprint density at radius 1 is 1.37 bits per heavy atom. The molecule has 1 aliphatic rings. The number of aromatic amines is 1. The van der Waals surface area contributed by atoms with Crippen LogP contribution in [0.2, 0.25) is 0 Å². The van der Waals surface area contributed by atoms with E-state index in [9.17, 15) is 9.90 Å². The number of benzene rings is 1. The summed E-state index contributed by atoms with van der Waals surface area (Å²) in [5.41, 5.74) is 3.56. The maximum Gasteiger partial charge on any atom is 0.268 e. The molecule has 0 bridgehead atoms. The van der Waals surface area contributed by atoms with Gasteiger partial charge in [-0.1, -0.05) is 24.3 Å². The highest BCUT2D eigenvalue weighted by Crippen LogP contribution is 2.31. The lowest BCUT2D eigenvalue weighted by atomic mass is 10.1. The number of carbonyl (C=O) groups is 1. The van der Waals surface area contributed by atoms with Crippen molar-refractivity contribution in [2.45, 2.75) is 25.5 Å². The second kappa shape index (κ2) is 4.55. The van der Waals surface area contributed by atoms with E-state index in [4.69, 9.17) is 0 Å². The number of hydrogen-bond acceptors (Lipinski definition) is 2. The number of hydrogen-bond donors (Lipinski definition) is 3. The summed E-state index contributed by atoms with van der Waals surface area (Å²) in [5, 5.41) is 13.0. The van der Waals surface area contributed by atoms with E-state index < -0.39 is 6.10 Å². The van der Waals surface area contributed by atoms with Gasteiger partial charge in [0.2, 0.25) is 0 Å². The van der Waals surface area contributed by atoms with Crippen LogP contribution in [0.15, 0.2) is 36.5 Å². The SMILES string of the molecule is Cc1cc[nH]c1C(=O)N[C@H]1c2ccccc2C[C@H]1O. The minimum atomic E-state index is -0.559. The molecule has 1 aliphatic carbocycles. The number of H-pyrrole nitrogens is 1. The molecule has 1 aromatic carbocycles. The molecular formula is C15H16N2O2. The average Bonchev–Trinajstić information content (AvgIpc) is 2.94. The second-order valence-electron chi connectivity index (χ2n) is 4.96. The summed E-state index contributed by atoms with van der Waals surface area (Å²) in [7, 11) is 0. The molecule has 1 aromatic heterocycles. The maximum absolute atomic E-state index is 12.2. The molecule has 19 heavy (non-hydrogen) atoms. The third kappa shape index (κ3) is 2.04. The molecule has 0 radical (unpaired) electrons. The van der Waals surface area contributed by atoms with Crippen molar-refractivity contribution < 1.29 is 9.90 Å². The zero-order valence-corrected chi connectivity index (χ0v) is 10.7. The first kappa shape index (κ1) is 12.0. The molecule has 4 heteroatoms. The second-order valence-corrected chi connectivity index (χ2v) is 4.96. The number of fused-ring (bicyclic) bond motifs is 1. The molecule has 2 atom stereocenters. The molecule has 0 aliphatic heterocycles. The van der Waals surface area contributed by atoms with Gasteiger partial charge in [-0.25, -0.2) is 0 Å². The molecule has 0 saturated carbocycles. The predicted molar refractivity (Wildman–Crippen MR) is 71.9 cm³/mol. The van der Waals surface area contributed by atoms with Crippen LogP contribution < -0.4 is 5.32 Å². The van der Waals surface area contributed by atoms with Crippen molar-refractivity contribution in [2.24, 2.45) is 0 Å². The van der Waals surface area contributed by atoms with Gasteiger partial charge in [0.15, 0.2) is 0 Å². The van der Waals surface area contributed by atoms with Crippen molar-refractivity contribution >= 4 is 5.91 Å². The smallest absolute Gasteiger partial charge is 0.268 e. The highest BCUT2D eigenvalue weighted by molar-refractivity contribution is 5.94. The summed E-state index contributed by atoms with van der Waals surface area (Å²) in [6.45, 7) is 1.88. The van der Waals surface area contributed by atoms with E-state index in [-0.39, 0.29) is 11.9 Å². The Morgan fingerprint density at radius 3 is 2.89 bits per heavy atom. The van der Waals surface area contributed by atoms with E-state index in [1.807, 2.05) is 37.3 Å². The zero-order valence-electron chi connectivity index (χ0n) is 10.7. The van der Waals surface area contributed by atoms with Gasteiger partial charge in [0.25, 0.3) is 5.91 Å². The normalized spacial score (nSPS) is 21.2. The highest BCUT2D eigenvalue weighted by Gasteiger charge is 2.32. The summed E-state index contributed by atoms with van der Waals surface area (Å²) in [5.74, 6) is -0.178. The van der Waals surface area contributed by atoms with Crippen LogP contribution in [-0.2, 0) is 6.42 Å². The van der Waals surface area contributed by atoms with Crippen molar-refractivity contribution in [1.29, 1.82) is 0 Å². The fourth-order valence-corrected chi connectivity index (χ4v) is 2.65. The summed E-state index contributed by atoms with van der Waals surface area (Å²) >= 11 is 0. The van der Waals surface area contributed by atoms with Crippen molar-refractivity contribution in [1.82, 2.24) is 10.3 Å². The summed E-state index contributed by atoms with van der Waals surface area (Å²) < 4.78 is 0. The van der Waals surface area contributed by atoms with Crippen LogP contribution in [0, 0.1) is 6.92 Å². The van der Waals surface area contributed by atoms with E-state index in [2.05, 4.69) is 10.3 Å². The monoisotopic (exact) mass is 256 g/mol. The molecule has 2 aromatic rings. The molecule has 0 fully saturated rings. The van der Waals surface area contributed by atoms with E-state index in [1.165, 1.54) is 0 Å². The minimum absolute atomic E-state index is 0.178. The molecule has 98 valence electrons. The Morgan fingerprint density at radius 2 is 2.16 bits per heavy atom. The molecule has 4 nitrogen and oxygen atoms in total. The van der Waals surface area contributed by atoms with Gasteiger partial charge in [-0.05, 0) is 29.7 Å². The Hall–Kier alpha value is -2.07. The standard InChI is InChI=1S/C15H16N2O2/c1-9-6-7-16-13(9)15(19)17-14-11-5-3-2-4-10(11)8-12(14)18/h2-7,12,14,16,18H,8H2,1H3,(H,17,19)/t12-,14+/m1/s1. The van der Waals surface area contributed by atoms with Gasteiger partial charge in [0, 0.05) is 12.6 Å². The van der Waals surface area contributed by atoms with Crippen LogP contribution >= 0.6 is 0 Å². The zero-order chi connectivity index (χ0) is 13.4. The number of aryl methyl sites for hydroxylation is 1. The third-order valence-corrected chi connectivity index (χ3v) is 3.67. The Bertz CT molecular complexity index is 618. The van der Waals surface area contributed by atoms with Crippen LogP contribution in [-0.4, -0.2) is 22.1 Å². The van der Waals surface area contributed by atoms with E-state index in [0.717, 1.165) is 16.7 Å². The Balaban J connectivity index is 1.84. The van der Waals surface area contributed by atoms with E-state index in [1.54, 1.807) is 6.20 Å². The number of rotatable bonds is 2. The van der Waals surface area contributed by atoms with Crippen molar-refractivity contribution in [3.8, 4) is 0 Å². The van der Waals surface area contributed by atoms with Gasteiger partial charge in [0.1, 0.15) is 5.69 Å². The van der Waals surface area contributed by atoms with Gasteiger partial charge < -0.3 is 15.4 Å². The topological polar surface area (TPSA) is 65.1 Å². The Kier molecular flexibility index (Phi) is 2.87. The van der Waals surface area contributed by atoms with Crippen molar-refractivity contribution in [3.63, 3.8) is 0 Å². The first-order chi connectivity index (χ1) is 9.16. The van der Waals surface area contributed by atoms with Crippen LogP contribution in [0.4, 0.5) is 0 Å². The number of aromatic nitrogens is 1. The van der Waals surface area contributed by atoms with Crippen LogP contribution in [0.5, 0.6) is 0 Å². The number of nitrogens with one attached hydrogen (secondary N) is 2. The summed E-state index contributed by atoms with van der Waals surface area (Å²) in [6, 6.07) is 9.35. The lowest BCUT2D eigenvalue weighted by Gasteiger charge is -2.17. The number of aliphatic hydroxyl groups is 1. The largest absolute Gasteiger partial charge is 0.390 e. The molecule has 0 spiro atoms. The number of aliphatic hydroxyl groups excluding tert-OH is 1. The first-order valence-electron chi connectivity index (χ1n) is 6.37. The predicted octanol–water partition coefficient (Wildman–Crippen LogP) is 1.71. The minimum Gasteiger partial charge on any atom is -0.390 e. The molecule has 0 unspecified atom stereocenters. The van der Waals surface area contributed by atoms with Crippen molar-refractivity contribution in [2.75, 3.05) is 0 Å². The summed E-state index contributed by atoms with van der Waals surface area (Å²) in [4.78, 5) is 15.1.